The molecule has 0 bridgehead atoms. The molecule has 0 saturated carbocycles. The maximum absolute atomic E-state index is 12.6. The molecule has 1 amide bonds. The van der Waals surface area contributed by atoms with Crippen molar-refractivity contribution in [1.29, 1.82) is 0 Å². The molecule has 1 saturated heterocycles. The van der Waals surface area contributed by atoms with E-state index in [9.17, 15) is 14.7 Å². The van der Waals surface area contributed by atoms with E-state index in [4.69, 9.17) is 0 Å². The van der Waals surface area contributed by atoms with Gasteiger partial charge in [-0.15, -0.1) is 23.7 Å². The Balaban J connectivity index is 0.00000243. The van der Waals surface area contributed by atoms with Crippen LogP contribution in [0.15, 0.2) is 47.8 Å². The molecule has 140 valence electrons. The zero-order valence-electron chi connectivity index (χ0n) is 14.3. The van der Waals surface area contributed by atoms with Gasteiger partial charge in [-0.3, -0.25) is 14.5 Å². The SMILES string of the molecule is Cl.O=C(CN1CCCC(C(=O)O)C1)NC(c1ccccc1)c1cccs1. The number of aliphatic carboxylic acids is 1. The van der Waals surface area contributed by atoms with Gasteiger partial charge >= 0.3 is 5.97 Å². The Kier molecular flexibility index (Phi) is 7.63. The van der Waals surface area contributed by atoms with Crippen molar-refractivity contribution in [3.8, 4) is 0 Å². The second-order valence-corrected chi connectivity index (χ2v) is 7.32. The summed E-state index contributed by atoms with van der Waals surface area (Å²) in [5.41, 5.74) is 1.04. The molecule has 2 aromatic rings. The zero-order valence-corrected chi connectivity index (χ0v) is 16.0. The number of nitrogens with zero attached hydrogens (tertiary/aromatic N) is 1. The molecule has 26 heavy (non-hydrogen) atoms. The molecule has 2 unspecified atom stereocenters. The summed E-state index contributed by atoms with van der Waals surface area (Å²) >= 11 is 1.61. The largest absolute Gasteiger partial charge is 0.481 e. The van der Waals surface area contributed by atoms with Gasteiger partial charge in [0.1, 0.15) is 0 Å². The fourth-order valence-corrected chi connectivity index (χ4v) is 4.03. The summed E-state index contributed by atoms with van der Waals surface area (Å²) < 4.78 is 0. The summed E-state index contributed by atoms with van der Waals surface area (Å²) in [7, 11) is 0. The Hall–Kier alpha value is -1.89. The first-order chi connectivity index (χ1) is 12.1. The third kappa shape index (κ3) is 5.30. The molecule has 1 aromatic heterocycles. The van der Waals surface area contributed by atoms with E-state index in [1.807, 2.05) is 52.7 Å². The van der Waals surface area contributed by atoms with E-state index in [-0.39, 0.29) is 36.8 Å². The van der Waals surface area contributed by atoms with E-state index < -0.39 is 5.97 Å². The highest BCUT2D eigenvalue weighted by atomic mass is 35.5. The average Bonchev–Trinajstić information content (AvgIpc) is 3.15. The molecule has 2 N–H and O–H groups in total. The lowest BCUT2D eigenvalue weighted by atomic mass is 9.98. The second kappa shape index (κ2) is 9.71. The Morgan fingerprint density at radius 3 is 2.65 bits per heavy atom. The number of likely N-dealkylation sites (tertiary alicyclic amines) is 1. The number of hydrogen-bond donors (Lipinski definition) is 2. The van der Waals surface area contributed by atoms with E-state index in [0.717, 1.165) is 23.4 Å². The normalized spacial score (nSPS) is 18.5. The van der Waals surface area contributed by atoms with Crippen LogP contribution in [0.2, 0.25) is 0 Å². The van der Waals surface area contributed by atoms with Crippen LogP contribution in [0.5, 0.6) is 0 Å². The standard InChI is InChI=1S/C19H22N2O3S.ClH/c22-17(13-21-10-4-8-15(12-21)19(23)24)20-18(16-9-5-11-25-16)14-6-2-1-3-7-14;/h1-3,5-7,9,11,15,18H,4,8,10,12-13H2,(H,20,22)(H,23,24);1H. The lowest BCUT2D eigenvalue weighted by Crippen LogP contribution is -2.44. The third-order valence-corrected chi connectivity index (χ3v) is 5.43. The van der Waals surface area contributed by atoms with Crippen molar-refractivity contribution in [2.75, 3.05) is 19.6 Å². The van der Waals surface area contributed by atoms with Crippen molar-refractivity contribution in [2.24, 2.45) is 5.92 Å². The number of benzene rings is 1. The highest BCUT2D eigenvalue weighted by Gasteiger charge is 2.27. The number of thiophene rings is 1. The van der Waals surface area contributed by atoms with Gasteiger partial charge in [0.25, 0.3) is 0 Å². The molecule has 3 rings (SSSR count). The summed E-state index contributed by atoms with van der Waals surface area (Å²) in [5.74, 6) is -1.22. The molecule has 5 nitrogen and oxygen atoms in total. The number of amides is 1. The van der Waals surface area contributed by atoms with E-state index in [2.05, 4.69) is 5.32 Å². The van der Waals surface area contributed by atoms with Crippen molar-refractivity contribution >= 4 is 35.6 Å². The zero-order chi connectivity index (χ0) is 17.6. The fraction of sp³-hybridized carbons (Fsp3) is 0.368. The lowest BCUT2D eigenvalue weighted by molar-refractivity contribution is -0.144. The Labute approximate surface area is 163 Å². The first-order valence-electron chi connectivity index (χ1n) is 8.46. The molecular weight excluding hydrogens is 372 g/mol. The number of hydrogen-bond acceptors (Lipinski definition) is 4. The average molecular weight is 395 g/mol. The minimum absolute atomic E-state index is 0. The van der Waals surface area contributed by atoms with Crippen LogP contribution in [0.4, 0.5) is 0 Å². The van der Waals surface area contributed by atoms with Gasteiger partial charge in [-0.1, -0.05) is 36.4 Å². The van der Waals surface area contributed by atoms with Gasteiger partial charge in [0.05, 0.1) is 18.5 Å². The lowest BCUT2D eigenvalue weighted by Gasteiger charge is -2.30. The maximum atomic E-state index is 12.6. The van der Waals surface area contributed by atoms with Crippen LogP contribution >= 0.6 is 23.7 Å². The molecule has 7 heteroatoms. The molecule has 0 spiro atoms. The number of nitrogens with one attached hydrogen (secondary N) is 1. The van der Waals surface area contributed by atoms with Crippen LogP contribution in [-0.2, 0) is 9.59 Å². The van der Waals surface area contributed by atoms with Crippen LogP contribution in [0.1, 0.15) is 29.3 Å². The summed E-state index contributed by atoms with van der Waals surface area (Å²) in [6, 6.07) is 13.7. The monoisotopic (exact) mass is 394 g/mol. The molecule has 1 aliphatic heterocycles. The minimum atomic E-state index is -0.772. The van der Waals surface area contributed by atoms with E-state index >= 15 is 0 Å². The molecular formula is C19H23ClN2O3S. The van der Waals surface area contributed by atoms with Gasteiger partial charge in [0.2, 0.25) is 5.91 Å². The number of carboxylic acids is 1. The fourth-order valence-electron chi connectivity index (χ4n) is 3.23. The van der Waals surface area contributed by atoms with Crippen LogP contribution in [-0.4, -0.2) is 41.5 Å². The number of carbonyl (C=O) groups is 2. The first kappa shape index (κ1) is 20.4. The topological polar surface area (TPSA) is 69.6 Å². The third-order valence-electron chi connectivity index (χ3n) is 4.49. The van der Waals surface area contributed by atoms with Crippen molar-refractivity contribution in [2.45, 2.75) is 18.9 Å². The maximum Gasteiger partial charge on any atom is 0.307 e. The quantitative estimate of drug-likeness (QED) is 0.789. The second-order valence-electron chi connectivity index (χ2n) is 6.34. The van der Waals surface area contributed by atoms with Crippen molar-refractivity contribution in [1.82, 2.24) is 10.2 Å². The number of piperidine rings is 1. The summed E-state index contributed by atoms with van der Waals surface area (Å²) in [5, 5.41) is 14.3. The van der Waals surface area contributed by atoms with E-state index in [1.165, 1.54) is 0 Å². The molecule has 1 aromatic carbocycles. The number of halogens is 1. The van der Waals surface area contributed by atoms with Crippen molar-refractivity contribution in [3.63, 3.8) is 0 Å². The highest BCUT2D eigenvalue weighted by molar-refractivity contribution is 7.10. The highest BCUT2D eigenvalue weighted by Crippen LogP contribution is 2.26. The predicted molar refractivity (Wildman–Crippen MR) is 105 cm³/mol. The van der Waals surface area contributed by atoms with Crippen molar-refractivity contribution in [3.05, 3.63) is 58.3 Å². The Morgan fingerprint density at radius 2 is 2.00 bits per heavy atom. The Bertz CT molecular complexity index is 709. The van der Waals surface area contributed by atoms with Gasteiger partial charge in [-0.25, -0.2) is 0 Å². The van der Waals surface area contributed by atoms with Crippen molar-refractivity contribution < 1.29 is 14.7 Å². The summed E-state index contributed by atoms with van der Waals surface area (Å²) in [6.45, 7) is 1.45. The molecule has 1 fully saturated rings. The van der Waals surface area contributed by atoms with Gasteiger partial charge in [0, 0.05) is 11.4 Å². The summed E-state index contributed by atoms with van der Waals surface area (Å²) in [4.78, 5) is 26.8. The van der Waals surface area contributed by atoms with Crippen LogP contribution in [0.3, 0.4) is 0 Å². The van der Waals surface area contributed by atoms with Crippen LogP contribution < -0.4 is 5.32 Å². The van der Waals surface area contributed by atoms with Crippen LogP contribution in [0.25, 0.3) is 0 Å². The molecule has 2 atom stereocenters. The van der Waals surface area contributed by atoms with E-state index in [1.54, 1.807) is 11.3 Å². The van der Waals surface area contributed by atoms with E-state index in [0.29, 0.717) is 13.0 Å². The Morgan fingerprint density at radius 1 is 1.23 bits per heavy atom. The van der Waals surface area contributed by atoms with Gasteiger partial charge in [0.15, 0.2) is 0 Å². The molecule has 1 aliphatic rings. The number of carbonyl (C=O) groups excluding carboxylic acids is 1. The minimum Gasteiger partial charge on any atom is -0.481 e. The van der Waals surface area contributed by atoms with Crippen LogP contribution in [0, 0.1) is 5.92 Å². The first-order valence-corrected chi connectivity index (χ1v) is 9.34. The van der Waals surface area contributed by atoms with Gasteiger partial charge in [-0.05, 0) is 36.4 Å². The number of carboxylic acid groups (broad SMARTS) is 1. The molecule has 0 radical (unpaired) electrons. The molecule has 0 aliphatic carbocycles. The number of rotatable bonds is 6. The van der Waals surface area contributed by atoms with Gasteiger partial charge in [-0.2, -0.15) is 0 Å². The molecule has 2 heterocycles. The summed E-state index contributed by atoms with van der Waals surface area (Å²) in [6.07, 6.45) is 1.51. The predicted octanol–water partition coefficient (Wildman–Crippen LogP) is 3.17. The van der Waals surface area contributed by atoms with Gasteiger partial charge < -0.3 is 10.4 Å². The smallest absolute Gasteiger partial charge is 0.307 e.